The molecule has 8 heteroatoms. The molecule has 1 rings (SSSR count). The normalized spacial score (nSPS) is 21.2. The third kappa shape index (κ3) is 2.38. The SMILES string of the molecule is NSP(=O)(SN)N1CCNCC1. The monoisotopic (exact) mass is 228 g/mol. The van der Waals surface area contributed by atoms with E-state index in [0.29, 0.717) is 0 Å². The highest BCUT2D eigenvalue weighted by Gasteiger charge is 2.31. The molecule has 0 atom stereocenters. The second-order valence-corrected chi connectivity index (χ2v) is 9.24. The number of nitrogens with zero attached hydrogens (tertiary/aromatic N) is 1. The smallest absolute Gasteiger partial charge is 0.285 e. The van der Waals surface area contributed by atoms with Gasteiger partial charge in [-0.15, -0.1) is 0 Å². The van der Waals surface area contributed by atoms with Crippen molar-refractivity contribution in [1.29, 1.82) is 0 Å². The summed E-state index contributed by atoms with van der Waals surface area (Å²) in [5, 5.41) is 13.9. The summed E-state index contributed by atoms with van der Waals surface area (Å²) in [6.07, 6.45) is 0. The maximum atomic E-state index is 11.9. The van der Waals surface area contributed by atoms with Gasteiger partial charge in [0.15, 0.2) is 0 Å². The first kappa shape index (κ1) is 10.8. The molecule has 1 fully saturated rings. The van der Waals surface area contributed by atoms with Crippen molar-refractivity contribution >= 4 is 28.8 Å². The van der Waals surface area contributed by atoms with Crippen LogP contribution in [0.25, 0.3) is 0 Å². The molecule has 0 spiro atoms. The number of nitrogens with one attached hydrogen (secondary N) is 1. The summed E-state index contributed by atoms with van der Waals surface area (Å²) in [6.45, 7) is 3.22. The lowest BCUT2D eigenvalue weighted by Crippen LogP contribution is -2.41. The average molecular weight is 228 g/mol. The van der Waals surface area contributed by atoms with Crippen molar-refractivity contribution < 1.29 is 4.57 Å². The van der Waals surface area contributed by atoms with Crippen LogP contribution in [0.2, 0.25) is 0 Å². The van der Waals surface area contributed by atoms with Crippen molar-refractivity contribution in [2.75, 3.05) is 26.2 Å². The molecule has 0 aromatic carbocycles. The van der Waals surface area contributed by atoms with Crippen molar-refractivity contribution in [2.24, 2.45) is 10.3 Å². The lowest BCUT2D eigenvalue weighted by atomic mass is 10.4. The summed E-state index contributed by atoms with van der Waals surface area (Å²) >= 11 is 1.74. The van der Waals surface area contributed by atoms with E-state index in [0.717, 1.165) is 49.3 Å². The molecule has 0 unspecified atom stereocenters. The first-order valence-electron chi connectivity index (χ1n) is 3.56. The van der Waals surface area contributed by atoms with Crippen LogP contribution in [0.5, 0.6) is 0 Å². The number of hydrogen-bond acceptors (Lipinski definition) is 6. The molecular weight excluding hydrogens is 215 g/mol. The van der Waals surface area contributed by atoms with Crippen molar-refractivity contribution in [3.8, 4) is 0 Å². The Morgan fingerprint density at radius 3 is 2.17 bits per heavy atom. The number of hydrogen-bond donors (Lipinski definition) is 3. The van der Waals surface area contributed by atoms with Crippen molar-refractivity contribution in [1.82, 2.24) is 9.99 Å². The van der Waals surface area contributed by atoms with Crippen LogP contribution in [0, 0.1) is 0 Å². The summed E-state index contributed by atoms with van der Waals surface area (Å²) in [6, 6.07) is 0. The van der Waals surface area contributed by atoms with Crippen LogP contribution in [0.1, 0.15) is 0 Å². The highest BCUT2D eigenvalue weighted by atomic mass is 33.1. The Hall–Kier alpha value is 0.770. The number of piperazine rings is 1. The Kier molecular flexibility index (Phi) is 4.39. The maximum absolute atomic E-state index is 11.9. The Balaban J connectivity index is 2.58. The van der Waals surface area contributed by atoms with Crippen LogP contribution in [0.15, 0.2) is 0 Å². The molecule has 0 amide bonds. The van der Waals surface area contributed by atoms with E-state index in [1.54, 1.807) is 0 Å². The van der Waals surface area contributed by atoms with Gasteiger partial charge >= 0.3 is 0 Å². The highest BCUT2D eigenvalue weighted by Crippen LogP contribution is 2.66. The van der Waals surface area contributed by atoms with Crippen molar-refractivity contribution in [3.63, 3.8) is 0 Å². The summed E-state index contributed by atoms with van der Waals surface area (Å²) in [7, 11) is 0. The molecule has 72 valence electrons. The summed E-state index contributed by atoms with van der Waals surface area (Å²) in [5.41, 5.74) is -2.57. The average Bonchev–Trinajstić information content (AvgIpc) is 2.18. The first-order chi connectivity index (χ1) is 5.73. The number of rotatable bonds is 3. The Morgan fingerprint density at radius 1 is 1.25 bits per heavy atom. The van der Waals surface area contributed by atoms with E-state index >= 15 is 0 Å². The summed E-state index contributed by atoms with van der Waals surface area (Å²) < 4.78 is 13.7. The Morgan fingerprint density at radius 2 is 1.75 bits per heavy atom. The maximum Gasteiger partial charge on any atom is 0.285 e. The van der Waals surface area contributed by atoms with Crippen molar-refractivity contribution in [3.05, 3.63) is 0 Å². The van der Waals surface area contributed by atoms with Gasteiger partial charge in [-0.1, -0.05) is 0 Å². The second kappa shape index (κ2) is 4.85. The van der Waals surface area contributed by atoms with Gasteiger partial charge in [0.2, 0.25) is 0 Å². The van der Waals surface area contributed by atoms with Crippen molar-refractivity contribution in [2.45, 2.75) is 0 Å². The lowest BCUT2D eigenvalue weighted by molar-refractivity contribution is 0.372. The van der Waals surface area contributed by atoms with Gasteiger partial charge in [-0.25, -0.2) is 4.67 Å². The van der Waals surface area contributed by atoms with Gasteiger partial charge in [0, 0.05) is 49.3 Å². The molecule has 12 heavy (non-hydrogen) atoms. The molecule has 1 heterocycles. The molecule has 1 saturated heterocycles. The van der Waals surface area contributed by atoms with Gasteiger partial charge < -0.3 is 5.32 Å². The van der Waals surface area contributed by atoms with Gasteiger partial charge in [0.25, 0.3) is 5.70 Å². The molecule has 0 aliphatic carbocycles. The van der Waals surface area contributed by atoms with Crippen LogP contribution in [-0.4, -0.2) is 30.8 Å². The molecule has 0 aromatic heterocycles. The minimum absolute atomic E-state index is 0.756. The lowest BCUT2D eigenvalue weighted by Gasteiger charge is -2.31. The largest absolute Gasteiger partial charge is 0.314 e. The molecule has 0 bridgehead atoms. The first-order valence-corrected chi connectivity index (χ1v) is 8.19. The van der Waals surface area contributed by atoms with Crippen LogP contribution in [0.3, 0.4) is 0 Å². The van der Waals surface area contributed by atoms with E-state index in [9.17, 15) is 4.57 Å². The van der Waals surface area contributed by atoms with E-state index < -0.39 is 5.70 Å². The fraction of sp³-hybridized carbons (Fsp3) is 1.00. The van der Waals surface area contributed by atoms with Gasteiger partial charge in [-0.05, 0) is 0 Å². The van der Waals surface area contributed by atoms with E-state index in [1.807, 2.05) is 4.67 Å². The van der Waals surface area contributed by atoms with Gasteiger partial charge in [0.1, 0.15) is 0 Å². The van der Waals surface area contributed by atoms with Gasteiger partial charge in [-0.2, -0.15) is 0 Å². The van der Waals surface area contributed by atoms with E-state index in [4.69, 9.17) is 10.3 Å². The summed E-state index contributed by atoms with van der Waals surface area (Å²) in [4.78, 5) is 0. The zero-order valence-electron chi connectivity index (χ0n) is 6.60. The summed E-state index contributed by atoms with van der Waals surface area (Å²) in [5.74, 6) is 0. The molecule has 5 N–H and O–H groups in total. The van der Waals surface area contributed by atoms with E-state index in [-0.39, 0.29) is 0 Å². The third-order valence-corrected chi connectivity index (χ3v) is 7.87. The minimum Gasteiger partial charge on any atom is -0.314 e. The quantitative estimate of drug-likeness (QED) is 0.470. The molecule has 0 aromatic rings. The molecule has 1 aliphatic heterocycles. The fourth-order valence-electron chi connectivity index (χ4n) is 1.06. The fourth-order valence-corrected chi connectivity index (χ4v) is 4.44. The Labute approximate surface area is 80.2 Å². The molecule has 0 radical (unpaired) electrons. The molecule has 5 nitrogen and oxygen atoms in total. The molecule has 1 aliphatic rings. The Bertz CT molecular complexity index is 178. The van der Waals surface area contributed by atoms with Crippen LogP contribution < -0.4 is 15.6 Å². The van der Waals surface area contributed by atoms with Crippen LogP contribution in [0.4, 0.5) is 0 Å². The molecular formula is C4H13N4OPS2. The molecule has 0 saturated carbocycles. The second-order valence-electron chi connectivity index (χ2n) is 2.38. The topological polar surface area (TPSA) is 84.4 Å². The van der Waals surface area contributed by atoms with Crippen LogP contribution >= 0.6 is 28.8 Å². The third-order valence-electron chi connectivity index (χ3n) is 1.71. The standard InChI is InChI=1S/C4H13N4OPS2/c5-11-10(9,12-6)8-3-1-7-2-4-8/h7H,1-6H2. The predicted molar refractivity (Wildman–Crippen MR) is 55.6 cm³/mol. The van der Waals surface area contributed by atoms with E-state index in [2.05, 4.69) is 5.32 Å². The van der Waals surface area contributed by atoms with Gasteiger partial charge in [0.05, 0.1) is 0 Å². The minimum atomic E-state index is -2.57. The van der Waals surface area contributed by atoms with Gasteiger partial charge in [-0.3, -0.25) is 14.8 Å². The number of nitrogens with two attached hydrogens (primary N) is 2. The predicted octanol–water partition coefficient (Wildman–Crippen LogP) is 0.213. The highest BCUT2D eigenvalue weighted by molar-refractivity contribution is 8.88. The van der Waals surface area contributed by atoms with Crippen LogP contribution in [-0.2, 0) is 4.57 Å². The zero-order chi connectivity index (χ0) is 9.03. The van der Waals surface area contributed by atoms with E-state index in [1.165, 1.54) is 0 Å². The zero-order valence-corrected chi connectivity index (χ0v) is 9.13.